The van der Waals surface area contributed by atoms with Crippen LogP contribution in [0.5, 0.6) is 0 Å². The standard InChI is InChI=1S/C10H14N2O2S/c1-3-8(4-9(13)14)15-10-11-5-7(2)6-12-10/h5-6,8H,3-4H2,1-2H3,(H,13,14). The van der Waals surface area contributed by atoms with E-state index in [-0.39, 0.29) is 11.7 Å². The van der Waals surface area contributed by atoms with Crippen molar-refractivity contribution in [1.29, 1.82) is 0 Å². The van der Waals surface area contributed by atoms with E-state index in [1.165, 1.54) is 11.8 Å². The van der Waals surface area contributed by atoms with Crippen molar-refractivity contribution in [2.24, 2.45) is 0 Å². The number of thioether (sulfide) groups is 1. The highest BCUT2D eigenvalue weighted by Crippen LogP contribution is 2.24. The summed E-state index contributed by atoms with van der Waals surface area (Å²) in [5.41, 5.74) is 1.01. The molecule has 1 N–H and O–H groups in total. The molecule has 0 aromatic carbocycles. The molecule has 1 heterocycles. The maximum atomic E-state index is 10.6. The van der Waals surface area contributed by atoms with Gasteiger partial charge in [0.2, 0.25) is 0 Å². The molecule has 1 aromatic rings. The van der Waals surface area contributed by atoms with E-state index in [0.29, 0.717) is 5.16 Å². The minimum absolute atomic E-state index is 0.0465. The largest absolute Gasteiger partial charge is 0.481 e. The average molecular weight is 226 g/mol. The van der Waals surface area contributed by atoms with Crippen LogP contribution in [0.3, 0.4) is 0 Å². The molecule has 4 nitrogen and oxygen atoms in total. The molecule has 0 aliphatic rings. The summed E-state index contributed by atoms with van der Waals surface area (Å²) in [6.07, 6.45) is 4.43. The van der Waals surface area contributed by atoms with Crippen LogP contribution in [-0.4, -0.2) is 26.3 Å². The predicted molar refractivity (Wildman–Crippen MR) is 59.0 cm³/mol. The molecule has 0 fully saturated rings. The number of carbonyl (C=O) groups is 1. The molecule has 5 heteroatoms. The Balaban J connectivity index is 2.58. The van der Waals surface area contributed by atoms with E-state index >= 15 is 0 Å². The Morgan fingerprint density at radius 1 is 1.53 bits per heavy atom. The molecule has 0 aliphatic heterocycles. The van der Waals surface area contributed by atoms with Crippen LogP contribution in [0.2, 0.25) is 0 Å². The van der Waals surface area contributed by atoms with Gasteiger partial charge >= 0.3 is 5.97 Å². The number of aromatic nitrogens is 2. The maximum absolute atomic E-state index is 10.6. The Morgan fingerprint density at radius 3 is 2.60 bits per heavy atom. The molecule has 1 atom stereocenters. The van der Waals surface area contributed by atoms with Crippen LogP contribution < -0.4 is 0 Å². The quantitative estimate of drug-likeness (QED) is 0.615. The van der Waals surface area contributed by atoms with Crippen LogP contribution >= 0.6 is 11.8 Å². The van der Waals surface area contributed by atoms with E-state index in [1.807, 2.05) is 13.8 Å². The van der Waals surface area contributed by atoms with E-state index < -0.39 is 5.97 Å². The molecule has 1 rings (SSSR count). The third kappa shape index (κ3) is 4.29. The summed E-state index contributed by atoms with van der Waals surface area (Å²) < 4.78 is 0. The molecule has 1 aromatic heterocycles. The summed E-state index contributed by atoms with van der Waals surface area (Å²) in [6.45, 7) is 3.89. The number of carboxylic acids is 1. The zero-order chi connectivity index (χ0) is 11.3. The summed E-state index contributed by atoms with van der Waals surface area (Å²) in [6, 6.07) is 0. The van der Waals surface area contributed by atoms with Crippen molar-refractivity contribution in [3.05, 3.63) is 18.0 Å². The Labute approximate surface area is 93.1 Å². The highest BCUT2D eigenvalue weighted by Gasteiger charge is 2.13. The van der Waals surface area contributed by atoms with E-state index in [2.05, 4.69) is 9.97 Å². The Hall–Kier alpha value is -1.10. The summed E-state index contributed by atoms with van der Waals surface area (Å²) in [5, 5.41) is 9.38. The third-order valence-corrected chi connectivity index (χ3v) is 3.14. The number of carboxylic acid groups (broad SMARTS) is 1. The fourth-order valence-electron chi connectivity index (χ4n) is 1.05. The summed E-state index contributed by atoms with van der Waals surface area (Å²) >= 11 is 1.42. The van der Waals surface area contributed by atoms with Gasteiger partial charge in [0.25, 0.3) is 0 Å². The van der Waals surface area contributed by atoms with Gasteiger partial charge < -0.3 is 5.11 Å². The summed E-state index contributed by atoms with van der Waals surface area (Å²) in [4.78, 5) is 18.8. The van der Waals surface area contributed by atoms with Crippen LogP contribution in [-0.2, 0) is 4.79 Å². The van der Waals surface area contributed by atoms with Crippen LogP contribution in [0.4, 0.5) is 0 Å². The maximum Gasteiger partial charge on any atom is 0.304 e. The number of hydrogen-bond acceptors (Lipinski definition) is 4. The van der Waals surface area contributed by atoms with Crippen molar-refractivity contribution in [2.45, 2.75) is 37.1 Å². The highest BCUT2D eigenvalue weighted by atomic mass is 32.2. The van der Waals surface area contributed by atoms with Gasteiger partial charge in [-0.05, 0) is 18.9 Å². The highest BCUT2D eigenvalue weighted by molar-refractivity contribution is 7.99. The first-order valence-corrected chi connectivity index (χ1v) is 5.67. The lowest BCUT2D eigenvalue weighted by Gasteiger charge is -2.09. The lowest BCUT2D eigenvalue weighted by atomic mass is 10.2. The number of aryl methyl sites for hydroxylation is 1. The third-order valence-electron chi connectivity index (χ3n) is 1.89. The van der Waals surface area contributed by atoms with Crippen molar-refractivity contribution in [1.82, 2.24) is 9.97 Å². The monoisotopic (exact) mass is 226 g/mol. The first-order valence-electron chi connectivity index (χ1n) is 4.79. The minimum Gasteiger partial charge on any atom is -0.481 e. The predicted octanol–water partition coefficient (Wildman–Crippen LogP) is 2.13. The number of hydrogen-bond donors (Lipinski definition) is 1. The zero-order valence-electron chi connectivity index (χ0n) is 8.80. The van der Waals surface area contributed by atoms with Gasteiger partial charge in [-0.3, -0.25) is 4.79 Å². The fraction of sp³-hybridized carbons (Fsp3) is 0.500. The average Bonchev–Trinajstić information content (AvgIpc) is 2.19. The lowest BCUT2D eigenvalue weighted by Crippen LogP contribution is -2.09. The fourth-order valence-corrected chi connectivity index (χ4v) is 1.97. The van der Waals surface area contributed by atoms with Crippen LogP contribution in [0.15, 0.2) is 17.6 Å². The Kier molecular flexibility index (Phi) is 4.55. The lowest BCUT2D eigenvalue weighted by molar-refractivity contribution is -0.136. The first kappa shape index (κ1) is 12.0. The van der Waals surface area contributed by atoms with Gasteiger partial charge in [-0.25, -0.2) is 9.97 Å². The SMILES string of the molecule is CCC(CC(=O)O)Sc1ncc(C)cn1. The van der Waals surface area contributed by atoms with Crippen molar-refractivity contribution < 1.29 is 9.90 Å². The second-order valence-electron chi connectivity index (χ2n) is 3.29. The van der Waals surface area contributed by atoms with E-state index in [9.17, 15) is 4.79 Å². The van der Waals surface area contributed by atoms with Gasteiger partial charge in [-0.2, -0.15) is 0 Å². The molecule has 0 bridgehead atoms. The second-order valence-corrected chi connectivity index (χ2v) is 4.56. The molecule has 0 amide bonds. The van der Waals surface area contributed by atoms with Crippen LogP contribution in [0, 0.1) is 6.92 Å². The summed E-state index contributed by atoms with van der Waals surface area (Å²) in [5.74, 6) is -0.776. The topological polar surface area (TPSA) is 63.1 Å². The van der Waals surface area contributed by atoms with Crippen molar-refractivity contribution in [3.63, 3.8) is 0 Å². The van der Waals surface area contributed by atoms with E-state index in [4.69, 9.17) is 5.11 Å². The van der Waals surface area contributed by atoms with Gasteiger partial charge in [0, 0.05) is 17.6 Å². The number of rotatable bonds is 5. The van der Waals surface area contributed by atoms with Crippen molar-refractivity contribution >= 4 is 17.7 Å². The molecule has 0 saturated carbocycles. The summed E-state index contributed by atoms with van der Waals surface area (Å²) in [7, 11) is 0. The molecule has 1 unspecified atom stereocenters. The molecule has 0 radical (unpaired) electrons. The second kappa shape index (κ2) is 5.70. The van der Waals surface area contributed by atoms with E-state index in [1.54, 1.807) is 12.4 Å². The molecular formula is C10H14N2O2S. The molecule has 0 saturated heterocycles. The Morgan fingerprint density at radius 2 is 2.13 bits per heavy atom. The number of nitrogens with zero attached hydrogens (tertiary/aromatic N) is 2. The Bertz CT molecular complexity index is 327. The van der Waals surface area contributed by atoms with Gasteiger partial charge in [-0.1, -0.05) is 18.7 Å². The number of aliphatic carboxylic acids is 1. The molecular weight excluding hydrogens is 212 g/mol. The molecule has 82 valence electrons. The van der Waals surface area contributed by atoms with Crippen LogP contribution in [0.1, 0.15) is 25.3 Å². The zero-order valence-corrected chi connectivity index (χ0v) is 9.62. The van der Waals surface area contributed by atoms with Crippen molar-refractivity contribution in [3.8, 4) is 0 Å². The van der Waals surface area contributed by atoms with Gasteiger partial charge in [-0.15, -0.1) is 0 Å². The normalized spacial score (nSPS) is 12.4. The van der Waals surface area contributed by atoms with Crippen LogP contribution in [0.25, 0.3) is 0 Å². The van der Waals surface area contributed by atoms with Gasteiger partial charge in [0.1, 0.15) is 0 Å². The van der Waals surface area contributed by atoms with Gasteiger partial charge in [0.05, 0.1) is 6.42 Å². The first-order chi connectivity index (χ1) is 7.11. The smallest absolute Gasteiger partial charge is 0.304 e. The van der Waals surface area contributed by atoms with Gasteiger partial charge in [0.15, 0.2) is 5.16 Å². The molecule has 0 aliphatic carbocycles. The molecule has 0 spiro atoms. The minimum atomic E-state index is -0.776. The van der Waals surface area contributed by atoms with Crippen molar-refractivity contribution in [2.75, 3.05) is 0 Å². The van der Waals surface area contributed by atoms with E-state index in [0.717, 1.165) is 12.0 Å². The molecule has 15 heavy (non-hydrogen) atoms.